The van der Waals surface area contributed by atoms with Gasteiger partial charge in [-0.15, -0.1) is 0 Å². The Hall–Kier alpha value is -1.05. The molecule has 0 saturated heterocycles. The maximum atomic E-state index is 14.0. The van der Waals surface area contributed by atoms with Gasteiger partial charge in [-0.05, 0) is 18.7 Å². The average Bonchev–Trinajstić information content (AvgIpc) is 2.28. The molecular formula is C11H16F2N2O2S. The zero-order valence-electron chi connectivity index (χ0n) is 10.3. The topological polar surface area (TPSA) is 58.2 Å². The van der Waals surface area contributed by atoms with Gasteiger partial charge in [-0.2, -0.15) is 0 Å². The van der Waals surface area contributed by atoms with Crippen molar-refractivity contribution in [2.75, 3.05) is 13.1 Å². The Morgan fingerprint density at radius 3 is 2.39 bits per heavy atom. The first-order chi connectivity index (χ1) is 8.44. The van der Waals surface area contributed by atoms with Gasteiger partial charge in [0.15, 0.2) is 5.82 Å². The second-order valence-corrected chi connectivity index (χ2v) is 5.36. The largest absolute Gasteiger partial charge is 0.313 e. The van der Waals surface area contributed by atoms with E-state index in [0.717, 1.165) is 12.1 Å². The van der Waals surface area contributed by atoms with Gasteiger partial charge in [0.25, 0.3) is 0 Å². The lowest BCUT2D eigenvalue weighted by atomic mass is 10.2. The number of sulfonamides is 1. The Morgan fingerprint density at radius 1 is 1.17 bits per heavy atom. The fraction of sp³-hybridized carbons (Fsp3) is 0.455. The van der Waals surface area contributed by atoms with Gasteiger partial charge in [-0.25, -0.2) is 21.9 Å². The first-order valence-electron chi connectivity index (χ1n) is 5.61. The molecule has 1 aromatic carbocycles. The molecule has 0 atom stereocenters. The van der Waals surface area contributed by atoms with Crippen molar-refractivity contribution in [3.63, 3.8) is 0 Å². The molecule has 2 N–H and O–H groups in total. The standard InChI is InChI=1S/C11H16F2N2O2S/c1-3-14-7-8-9(12)5-6-10(11(8)13)18(16,17)15-4-2/h5-6,14-15H,3-4,7H2,1-2H3. The van der Waals surface area contributed by atoms with E-state index in [0.29, 0.717) is 6.54 Å². The third-order valence-corrected chi connectivity index (χ3v) is 3.89. The molecule has 0 aliphatic carbocycles. The van der Waals surface area contributed by atoms with Crippen molar-refractivity contribution in [2.45, 2.75) is 25.3 Å². The van der Waals surface area contributed by atoms with E-state index in [1.54, 1.807) is 13.8 Å². The van der Waals surface area contributed by atoms with E-state index in [1.165, 1.54) is 0 Å². The molecule has 0 aliphatic heterocycles. The fourth-order valence-corrected chi connectivity index (χ4v) is 2.61. The van der Waals surface area contributed by atoms with Crippen LogP contribution in [0.5, 0.6) is 0 Å². The molecule has 0 amide bonds. The van der Waals surface area contributed by atoms with Crippen LogP contribution in [0.15, 0.2) is 17.0 Å². The number of hydrogen-bond donors (Lipinski definition) is 2. The molecule has 1 rings (SSSR count). The zero-order chi connectivity index (χ0) is 13.8. The molecule has 4 nitrogen and oxygen atoms in total. The monoisotopic (exact) mass is 278 g/mol. The molecule has 18 heavy (non-hydrogen) atoms. The van der Waals surface area contributed by atoms with E-state index in [1.807, 2.05) is 0 Å². The van der Waals surface area contributed by atoms with Gasteiger partial charge in [-0.3, -0.25) is 0 Å². The lowest BCUT2D eigenvalue weighted by molar-refractivity contribution is 0.514. The van der Waals surface area contributed by atoms with Gasteiger partial charge in [0.1, 0.15) is 10.7 Å². The summed E-state index contributed by atoms with van der Waals surface area (Å²) in [5, 5.41) is 2.76. The van der Waals surface area contributed by atoms with Crippen molar-refractivity contribution < 1.29 is 17.2 Å². The number of halogens is 2. The normalized spacial score (nSPS) is 11.8. The molecule has 1 aromatic rings. The Kier molecular flexibility index (Phi) is 5.18. The molecule has 7 heteroatoms. The van der Waals surface area contributed by atoms with Crippen molar-refractivity contribution in [3.8, 4) is 0 Å². The average molecular weight is 278 g/mol. The van der Waals surface area contributed by atoms with Gasteiger partial charge >= 0.3 is 0 Å². The lowest BCUT2D eigenvalue weighted by Crippen LogP contribution is -2.25. The first-order valence-corrected chi connectivity index (χ1v) is 7.09. The van der Waals surface area contributed by atoms with Crippen LogP contribution in [0, 0.1) is 11.6 Å². The molecule has 0 radical (unpaired) electrons. The SMILES string of the molecule is CCNCc1c(F)ccc(S(=O)(=O)NCC)c1F. The minimum Gasteiger partial charge on any atom is -0.313 e. The molecule has 0 fully saturated rings. The summed E-state index contributed by atoms with van der Waals surface area (Å²) in [6.45, 7) is 3.99. The van der Waals surface area contributed by atoms with Crippen LogP contribution in [0.1, 0.15) is 19.4 Å². The van der Waals surface area contributed by atoms with Crippen molar-refractivity contribution in [1.82, 2.24) is 10.0 Å². The number of nitrogens with one attached hydrogen (secondary N) is 2. The van der Waals surface area contributed by atoms with E-state index in [4.69, 9.17) is 0 Å². The second-order valence-electron chi connectivity index (χ2n) is 3.62. The highest BCUT2D eigenvalue weighted by atomic mass is 32.2. The Bertz CT molecular complexity index is 518. The van der Waals surface area contributed by atoms with Crippen molar-refractivity contribution in [2.24, 2.45) is 0 Å². The van der Waals surface area contributed by atoms with Gasteiger partial charge < -0.3 is 5.32 Å². The summed E-state index contributed by atoms with van der Waals surface area (Å²) in [5.41, 5.74) is -0.268. The molecule has 102 valence electrons. The quantitative estimate of drug-likeness (QED) is 0.826. The zero-order valence-corrected chi connectivity index (χ0v) is 11.1. The van der Waals surface area contributed by atoms with Crippen LogP contribution in [0.3, 0.4) is 0 Å². The fourth-order valence-electron chi connectivity index (χ4n) is 1.46. The summed E-state index contributed by atoms with van der Waals surface area (Å²) in [5.74, 6) is -1.80. The summed E-state index contributed by atoms with van der Waals surface area (Å²) in [6, 6.07) is 1.89. The molecule has 0 aromatic heterocycles. The summed E-state index contributed by atoms with van der Waals surface area (Å²) >= 11 is 0. The molecule has 0 unspecified atom stereocenters. The summed E-state index contributed by atoms with van der Waals surface area (Å²) in [4.78, 5) is -0.529. The maximum absolute atomic E-state index is 14.0. The van der Waals surface area contributed by atoms with Crippen LogP contribution in [0.4, 0.5) is 8.78 Å². The second kappa shape index (κ2) is 6.21. The molecule has 0 bridgehead atoms. The van der Waals surface area contributed by atoms with Gasteiger partial charge in [0.2, 0.25) is 10.0 Å². The number of benzene rings is 1. The minimum absolute atomic E-state index is 0.0519. The third kappa shape index (κ3) is 3.24. The number of hydrogen-bond acceptors (Lipinski definition) is 3. The predicted molar refractivity (Wildman–Crippen MR) is 64.6 cm³/mol. The summed E-state index contributed by atoms with van der Waals surface area (Å²) < 4.78 is 53.0. The van der Waals surface area contributed by atoms with Crippen molar-refractivity contribution >= 4 is 10.0 Å². The van der Waals surface area contributed by atoms with Gasteiger partial charge in [0, 0.05) is 18.7 Å². The van der Waals surface area contributed by atoms with E-state index < -0.39 is 26.6 Å². The molecule has 0 heterocycles. The van der Waals surface area contributed by atoms with Crippen molar-refractivity contribution in [1.29, 1.82) is 0 Å². The van der Waals surface area contributed by atoms with Gasteiger partial charge in [0.05, 0.1) is 0 Å². The molecule has 0 spiro atoms. The van der Waals surface area contributed by atoms with Crippen LogP contribution in [0.2, 0.25) is 0 Å². The smallest absolute Gasteiger partial charge is 0.243 e. The van der Waals surface area contributed by atoms with Crippen LogP contribution in [-0.2, 0) is 16.6 Å². The predicted octanol–water partition coefficient (Wildman–Crippen LogP) is 1.37. The van der Waals surface area contributed by atoms with Crippen LogP contribution < -0.4 is 10.0 Å². The summed E-state index contributed by atoms with van der Waals surface area (Å²) in [7, 11) is -3.92. The third-order valence-electron chi connectivity index (χ3n) is 2.33. The summed E-state index contributed by atoms with van der Waals surface area (Å²) in [6.07, 6.45) is 0. The van der Waals surface area contributed by atoms with Gasteiger partial charge in [-0.1, -0.05) is 13.8 Å². The Morgan fingerprint density at radius 2 is 1.83 bits per heavy atom. The molecule has 0 aliphatic rings. The highest BCUT2D eigenvalue weighted by Crippen LogP contribution is 2.20. The van der Waals surface area contributed by atoms with Crippen molar-refractivity contribution in [3.05, 3.63) is 29.3 Å². The Balaban J connectivity index is 3.24. The van der Waals surface area contributed by atoms with E-state index in [-0.39, 0.29) is 18.7 Å². The number of rotatable bonds is 6. The highest BCUT2D eigenvalue weighted by molar-refractivity contribution is 7.89. The van der Waals surface area contributed by atoms with E-state index in [9.17, 15) is 17.2 Å². The van der Waals surface area contributed by atoms with Crippen LogP contribution >= 0.6 is 0 Å². The van der Waals surface area contributed by atoms with Crippen LogP contribution in [-0.4, -0.2) is 21.5 Å². The lowest BCUT2D eigenvalue weighted by Gasteiger charge is -2.10. The van der Waals surface area contributed by atoms with E-state index >= 15 is 0 Å². The maximum Gasteiger partial charge on any atom is 0.243 e. The Labute approximate surface area is 105 Å². The molecule has 0 saturated carbocycles. The van der Waals surface area contributed by atoms with Crippen LogP contribution in [0.25, 0.3) is 0 Å². The first kappa shape index (κ1) is 15.0. The van der Waals surface area contributed by atoms with E-state index in [2.05, 4.69) is 10.0 Å². The molecular weight excluding hydrogens is 262 g/mol. The minimum atomic E-state index is -3.92. The highest BCUT2D eigenvalue weighted by Gasteiger charge is 2.22.